The molecule has 2 aromatic carbocycles. The van der Waals surface area contributed by atoms with Gasteiger partial charge in [0.15, 0.2) is 0 Å². The third kappa shape index (κ3) is 5.89. The minimum Gasteiger partial charge on any atom is -0.497 e. The summed E-state index contributed by atoms with van der Waals surface area (Å²) >= 11 is 0. The maximum Gasteiger partial charge on any atom is 0.217 e. The maximum absolute atomic E-state index is 13.8. The lowest BCUT2D eigenvalue weighted by Crippen LogP contribution is -2.40. The highest BCUT2D eigenvalue weighted by Gasteiger charge is 2.41. The summed E-state index contributed by atoms with van der Waals surface area (Å²) in [5.74, 6) is 2.09. The summed E-state index contributed by atoms with van der Waals surface area (Å²) in [6.07, 6.45) is 4.79. The lowest BCUT2D eigenvalue weighted by molar-refractivity contribution is 0.367. The quantitative estimate of drug-likeness (QED) is 0.432. The van der Waals surface area contributed by atoms with Gasteiger partial charge in [0.25, 0.3) is 0 Å². The van der Waals surface area contributed by atoms with Crippen molar-refractivity contribution in [3.8, 4) is 11.5 Å². The van der Waals surface area contributed by atoms with Crippen molar-refractivity contribution >= 4 is 10.0 Å². The van der Waals surface area contributed by atoms with Crippen LogP contribution in [0.3, 0.4) is 0 Å². The van der Waals surface area contributed by atoms with Gasteiger partial charge in [-0.3, -0.25) is 0 Å². The number of rotatable bonds is 12. The molecule has 1 saturated carbocycles. The Balaban J connectivity index is 1.88. The number of nitrogens with zero attached hydrogens (tertiary/aromatic N) is 1. The molecule has 0 bridgehead atoms. The van der Waals surface area contributed by atoms with Crippen LogP contribution >= 0.6 is 0 Å². The lowest BCUT2D eigenvalue weighted by Gasteiger charge is -2.30. The molecule has 0 aromatic heterocycles. The first kappa shape index (κ1) is 23.4. The first-order valence-electron chi connectivity index (χ1n) is 10.7. The van der Waals surface area contributed by atoms with E-state index < -0.39 is 15.3 Å². The molecule has 0 heterocycles. The minimum absolute atomic E-state index is 0.108. The Bertz CT molecular complexity index is 901. The molecule has 0 radical (unpaired) electrons. The number of allylic oxidation sites excluding steroid dienone is 1. The van der Waals surface area contributed by atoms with E-state index in [0.29, 0.717) is 19.0 Å². The molecule has 1 aliphatic rings. The molecule has 0 spiro atoms. The Hall–Kier alpha value is -2.31. The number of hydrogen-bond acceptors (Lipinski definition) is 4. The Labute approximate surface area is 186 Å². The fourth-order valence-corrected chi connectivity index (χ4v) is 5.95. The molecule has 2 aromatic rings. The average molecular weight is 444 g/mol. The van der Waals surface area contributed by atoms with E-state index in [0.717, 1.165) is 41.9 Å². The van der Waals surface area contributed by atoms with Gasteiger partial charge < -0.3 is 9.47 Å². The molecular weight excluding hydrogens is 410 g/mol. The minimum atomic E-state index is -3.53. The van der Waals surface area contributed by atoms with Crippen LogP contribution < -0.4 is 9.47 Å². The molecule has 1 fully saturated rings. The number of hydrogen-bond donors (Lipinski definition) is 0. The van der Waals surface area contributed by atoms with Gasteiger partial charge in [0.2, 0.25) is 10.0 Å². The second kappa shape index (κ2) is 10.3. The summed E-state index contributed by atoms with van der Waals surface area (Å²) in [7, 11) is -0.293. The van der Waals surface area contributed by atoms with Crippen LogP contribution in [0.5, 0.6) is 11.5 Å². The molecule has 3 rings (SSSR count). The Kier molecular flexibility index (Phi) is 7.79. The molecule has 2 unspecified atom stereocenters. The second-order valence-corrected chi connectivity index (χ2v) is 10.5. The lowest BCUT2D eigenvalue weighted by atomic mass is 9.96. The van der Waals surface area contributed by atoms with Gasteiger partial charge in [-0.05, 0) is 73.4 Å². The van der Waals surface area contributed by atoms with Crippen molar-refractivity contribution in [1.29, 1.82) is 0 Å². The van der Waals surface area contributed by atoms with Gasteiger partial charge in [0.05, 0.1) is 19.5 Å². The Morgan fingerprint density at radius 3 is 1.77 bits per heavy atom. The van der Waals surface area contributed by atoms with Gasteiger partial charge in [-0.15, -0.1) is 6.58 Å². The van der Waals surface area contributed by atoms with E-state index in [9.17, 15) is 8.42 Å². The first-order valence-corrected chi connectivity index (χ1v) is 12.2. The molecule has 31 heavy (non-hydrogen) atoms. The number of benzene rings is 2. The van der Waals surface area contributed by atoms with Gasteiger partial charge in [0.1, 0.15) is 11.5 Å². The fraction of sp³-hybridized carbons (Fsp3) is 0.440. The first-order chi connectivity index (χ1) is 14.9. The zero-order valence-corrected chi connectivity index (χ0v) is 19.5. The summed E-state index contributed by atoms with van der Waals surface area (Å²) in [5, 5.41) is -0.463. The van der Waals surface area contributed by atoms with E-state index in [2.05, 4.69) is 6.58 Å². The molecule has 168 valence electrons. The van der Waals surface area contributed by atoms with Crippen LogP contribution in [0.4, 0.5) is 0 Å². The van der Waals surface area contributed by atoms with Crippen LogP contribution in [-0.2, 0) is 23.1 Å². The van der Waals surface area contributed by atoms with E-state index in [1.165, 1.54) is 0 Å². The monoisotopic (exact) mass is 443 g/mol. The highest BCUT2D eigenvalue weighted by atomic mass is 32.2. The van der Waals surface area contributed by atoms with Crippen molar-refractivity contribution in [1.82, 2.24) is 4.31 Å². The van der Waals surface area contributed by atoms with Crippen molar-refractivity contribution in [2.75, 3.05) is 14.2 Å². The van der Waals surface area contributed by atoms with Crippen LogP contribution in [0.15, 0.2) is 61.2 Å². The molecule has 1 aliphatic carbocycles. The van der Waals surface area contributed by atoms with Crippen LogP contribution in [0.1, 0.15) is 37.3 Å². The normalized spacial score (nSPS) is 16.0. The zero-order chi connectivity index (χ0) is 22.4. The predicted molar refractivity (Wildman–Crippen MR) is 125 cm³/mol. The molecule has 2 atom stereocenters. The number of sulfonamides is 1. The highest BCUT2D eigenvalue weighted by molar-refractivity contribution is 7.89. The van der Waals surface area contributed by atoms with Gasteiger partial charge in [-0.25, -0.2) is 8.42 Å². The molecule has 0 aliphatic heterocycles. The van der Waals surface area contributed by atoms with E-state index >= 15 is 0 Å². The van der Waals surface area contributed by atoms with E-state index in [-0.39, 0.29) is 5.92 Å². The van der Waals surface area contributed by atoms with Crippen LogP contribution in [0.25, 0.3) is 0 Å². The van der Waals surface area contributed by atoms with Crippen molar-refractivity contribution in [2.24, 2.45) is 11.8 Å². The standard InChI is InChI=1S/C25H33NO4S/c1-5-6-25(22-11-12-22)19(2)31(27,28)26(17-20-7-13-23(29-3)14-8-20)18-21-9-15-24(30-4)16-10-21/h5,7-10,13-16,19,22,25H,1,6,11-12,17-18H2,2-4H3. The smallest absolute Gasteiger partial charge is 0.217 e. The molecular formula is C25H33NO4S. The van der Waals surface area contributed by atoms with E-state index in [4.69, 9.17) is 9.47 Å². The van der Waals surface area contributed by atoms with Gasteiger partial charge >= 0.3 is 0 Å². The highest BCUT2D eigenvalue weighted by Crippen LogP contribution is 2.43. The largest absolute Gasteiger partial charge is 0.497 e. The van der Waals surface area contributed by atoms with Crippen molar-refractivity contribution in [2.45, 2.75) is 44.5 Å². The third-order valence-electron chi connectivity index (χ3n) is 6.13. The average Bonchev–Trinajstić information content (AvgIpc) is 3.62. The topological polar surface area (TPSA) is 55.8 Å². The molecule has 0 N–H and O–H groups in total. The van der Waals surface area contributed by atoms with Crippen LogP contribution in [0.2, 0.25) is 0 Å². The van der Waals surface area contributed by atoms with Crippen molar-refractivity contribution in [3.63, 3.8) is 0 Å². The van der Waals surface area contributed by atoms with Crippen molar-refractivity contribution in [3.05, 3.63) is 72.3 Å². The summed E-state index contributed by atoms with van der Waals surface area (Å²) in [5.41, 5.74) is 1.86. The fourth-order valence-electron chi connectivity index (χ4n) is 4.05. The number of ether oxygens (including phenoxy) is 2. The van der Waals surface area contributed by atoms with Crippen LogP contribution in [0, 0.1) is 11.8 Å². The molecule has 5 nitrogen and oxygen atoms in total. The SMILES string of the molecule is C=CCC(C1CC1)C(C)S(=O)(=O)N(Cc1ccc(OC)cc1)Cc1ccc(OC)cc1. The van der Waals surface area contributed by atoms with Gasteiger partial charge in [0, 0.05) is 13.1 Å². The van der Waals surface area contributed by atoms with E-state index in [1.54, 1.807) is 18.5 Å². The molecule has 0 amide bonds. The summed E-state index contributed by atoms with van der Waals surface area (Å²) < 4.78 is 39.6. The molecule has 6 heteroatoms. The maximum atomic E-state index is 13.8. The Morgan fingerprint density at radius 1 is 0.968 bits per heavy atom. The van der Waals surface area contributed by atoms with Gasteiger partial charge in [-0.2, -0.15) is 4.31 Å². The summed E-state index contributed by atoms with van der Waals surface area (Å²) in [6, 6.07) is 15.1. The Morgan fingerprint density at radius 2 is 1.42 bits per heavy atom. The second-order valence-electron chi connectivity index (χ2n) is 8.24. The van der Waals surface area contributed by atoms with Crippen LogP contribution in [-0.4, -0.2) is 32.2 Å². The predicted octanol–water partition coefficient (Wildman–Crippen LogP) is 5.03. The van der Waals surface area contributed by atoms with Gasteiger partial charge in [-0.1, -0.05) is 30.3 Å². The number of methoxy groups -OCH3 is 2. The van der Waals surface area contributed by atoms with Crippen molar-refractivity contribution < 1.29 is 17.9 Å². The zero-order valence-electron chi connectivity index (χ0n) is 18.7. The molecule has 0 saturated heterocycles. The third-order valence-corrected chi connectivity index (χ3v) is 8.40. The summed E-state index contributed by atoms with van der Waals surface area (Å²) in [6.45, 7) is 6.34. The van der Waals surface area contributed by atoms with E-state index in [1.807, 2.05) is 61.5 Å². The summed E-state index contributed by atoms with van der Waals surface area (Å²) in [4.78, 5) is 0.